The standard InChI is InChI=1S/C20H6.C16H12ClFN4O.C13H6Cl4FN3.C12H6.C11H9ClFN3.C3H4Cl3NO.C3H7N.C2H4O2.CH2O3.ClH.2K.H/c1-3-5-7-9-11-13-15-17-19-20-18-16-14-12-10-8-6-4-2;17-11-5-4-10(9-12(11)18)22-14-13(3-1-6-19-14)20-15(22)16(23)21-7-2-8-21;14-8-4-3-7(6-9(8)18)21-11-10(2-1-5-19-11)20-12(21)13(15,16)17;1-3-5-7-9-11-12-10-8-6-4-2;12-8-4-3-7(6-9(8)13)16-11-10(14)2-1-5-15-11;1-8-2(7)3(4,5)6;1-2-4-3-1;1-2(3)4;2-1-4-3;;;;/h1-2H3;1,3-6,9H,2,7-8H2;1-6H;1-2H3;1-6H,14H2,(H,15,16);7H,1H3;4H,1-3H2;1H3,(H,3,4);1,3H;1H;;;/q;;;;;;;;;;2*+1;-1/p-1. The number of likely N-dealkylation sites (tertiary alicyclic amines) is 1. The Hall–Kier alpha value is -8.75. The molecular weight excluding hydrogens is 1740 g/mol. The van der Waals surface area contributed by atoms with Crippen molar-refractivity contribution in [2.45, 2.75) is 55.0 Å². The van der Waals surface area contributed by atoms with Gasteiger partial charge in [-0.25, -0.2) is 38.1 Å². The topological polar surface area (TPSA) is 264 Å². The number of amides is 1. The van der Waals surface area contributed by atoms with E-state index in [9.17, 15) is 18.0 Å². The fourth-order valence-electron chi connectivity index (χ4n) is 6.96. The van der Waals surface area contributed by atoms with Gasteiger partial charge in [0, 0.05) is 44.3 Å². The van der Waals surface area contributed by atoms with Crippen molar-refractivity contribution in [3.63, 3.8) is 0 Å². The van der Waals surface area contributed by atoms with Crippen LogP contribution in [0.2, 0.25) is 15.1 Å². The van der Waals surface area contributed by atoms with Gasteiger partial charge in [0.15, 0.2) is 22.9 Å². The Balaban J connectivity index is -0.00000130. The molecule has 0 atom stereocenters. The number of aromatic nitrogens is 7. The zero-order valence-electron chi connectivity index (χ0n) is 62.7. The van der Waals surface area contributed by atoms with E-state index in [1.165, 1.54) is 67.6 Å². The van der Waals surface area contributed by atoms with Gasteiger partial charge in [0.25, 0.3) is 22.1 Å². The number of hydrogen-bond acceptors (Lipinski definition) is 15. The Kier molecular flexibility index (Phi) is 59.8. The fraction of sp³-hybridized carbons (Fsp3) is 0.173. The maximum atomic E-state index is 13.9. The maximum absolute atomic E-state index is 13.9. The maximum Gasteiger partial charge on any atom is 1.00 e. The number of fused-ring (bicyclic) bond motifs is 2. The van der Waals surface area contributed by atoms with Crippen molar-refractivity contribution in [1.29, 1.82) is 5.41 Å². The van der Waals surface area contributed by atoms with Crippen LogP contribution in [0, 0.1) is 189 Å². The van der Waals surface area contributed by atoms with E-state index >= 15 is 0 Å². The van der Waals surface area contributed by atoms with Crippen molar-refractivity contribution in [3.05, 3.63) is 154 Å². The van der Waals surface area contributed by atoms with Crippen LogP contribution in [0.5, 0.6) is 0 Å². The van der Waals surface area contributed by atoms with E-state index < -0.39 is 31.0 Å². The van der Waals surface area contributed by atoms with Gasteiger partial charge in [-0.3, -0.25) is 28.9 Å². The number of ether oxygens (including phenoxy) is 1. The summed E-state index contributed by atoms with van der Waals surface area (Å²) in [6, 6.07) is 23.5. The Morgan fingerprint density at radius 1 is 0.591 bits per heavy atom. The van der Waals surface area contributed by atoms with Crippen molar-refractivity contribution in [2.24, 2.45) is 0 Å². The molecule has 10 rings (SSSR count). The van der Waals surface area contributed by atoms with Crippen LogP contribution in [0.15, 0.2) is 110 Å². The second-order valence-corrected chi connectivity index (χ2v) is 25.4. The Morgan fingerprint density at radius 2 is 0.930 bits per heavy atom. The number of imidazole rings is 2. The molecule has 0 saturated carbocycles. The quantitative estimate of drug-likeness (QED) is 0.0153. The van der Waals surface area contributed by atoms with Crippen LogP contribution < -0.4 is 124 Å². The minimum Gasteiger partial charge on any atom is -1.00 e. The first kappa shape index (κ1) is 108. The van der Waals surface area contributed by atoms with Crippen molar-refractivity contribution in [3.8, 4) is 177 Å². The first-order valence-electron chi connectivity index (χ1n) is 31.0. The number of nitrogens with one attached hydrogen (secondary N) is 3. The van der Waals surface area contributed by atoms with Crippen molar-refractivity contribution < 1.29 is 152 Å². The monoisotopic (exact) mass is 1790 g/mol. The van der Waals surface area contributed by atoms with E-state index in [0.717, 1.165) is 13.3 Å². The molecule has 0 spiro atoms. The predicted molar refractivity (Wildman–Crippen MR) is 444 cm³/mol. The number of halogens is 13. The van der Waals surface area contributed by atoms with Gasteiger partial charge in [0.05, 0.1) is 39.2 Å². The summed E-state index contributed by atoms with van der Waals surface area (Å²) < 4.78 is 44.6. The summed E-state index contributed by atoms with van der Waals surface area (Å²) in [6.45, 7) is 11.7. The largest absolute Gasteiger partial charge is 1.00 e. The number of nitrogen functional groups attached to an aromatic ring is 1. The Labute approximate surface area is 802 Å². The molecule has 8 aromatic rings. The molecule has 0 radical (unpaired) electrons. The van der Waals surface area contributed by atoms with E-state index in [1.807, 2.05) is 0 Å². The number of nitrogens with two attached hydrogens (primary N) is 1. The summed E-state index contributed by atoms with van der Waals surface area (Å²) in [5.41, 5.74) is 9.72. The number of rotatable bonds is 6. The molecule has 0 aliphatic carbocycles. The number of carbonyl (C=O) groups is 3. The minimum absolute atomic E-state index is 0. The van der Waals surface area contributed by atoms with Crippen molar-refractivity contribution in [1.82, 2.24) is 44.3 Å². The third-order valence-corrected chi connectivity index (χ3v) is 13.8. The molecule has 34 heteroatoms. The molecule has 7 heterocycles. The van der Waals surface area contributed by atoms with E-state index in [1.54, 1.807) is 110 Å². The van der Waals surface area contributed by atoms with Gasteiger partial charge < -0.3 is 42.7 Å². The summed E-state index contributed by atoms with van der Waals surface area (Å²) in [5, 5.41) is 28.8. The number of anilines is 3. The number of methoxy groups -OCH3 is 1. The number of carboxylic acid groups (broad SMARTS) is 1. The number of carboxylic acids is 1. The molecule has 0 bridgehead atoms. The van der Waals surface area contributed by atoms with Crippen LogP contribution in [0.1, 0.15) is 65.3 Å². The van der Waals surface area contributed by atoms with Crippen LogP contribution >= 0.6 is 117 Å². The van der Waals surface area contributed by atoms with E-state index in [4.69, 9.17) is 136 Å². The van der Waals surface area contributed by atoms with E-state index in [2.05, 4.69) is 211 Å². The molecular formula is C81H57Cl10F3K2N12O7. The summed E-state index contributed by atoms with van der Waals surface area (Å²) in [7, 11) is 1.27. The summed E-state index contributed by atoms with van der Waals surface area (Å²) >= 11 is 50.4. The van der Waals surface area contributed by atoms with E-state index in [-0.39, 0.29) is 162 Å². The van der Waals surface area contributed by atoms with Gasteiger partial charge in [-0.2, -0.15) is 0 Å². The second kappa shape index (κ2) is 63.5. The van der Waals surface area contributed by atoms with Gasteiger partial charge in [-0.05, 0) is 287 Å². The van der Waals surface area contributed by atoms with Crippen molar-refractivity contribution >= 4 is 181 Å². The van der Waals surface area contributed by atoms with Crippen LogP contribution in [0.3, 0.4) is 0 Å². The molecule has 2 aliphatic heterocycles. The Bertz CT molecular complexity index is 5510. The number of aliphatic carboxylic acids is 1. The molecule has 1 amide bonds. The molecule has 2 saturated heterocycles. The first-order valence-corrected chi connectivity index (χ1v) is 34.4. The molecule has 3 aromatic carbocycles. The minimum atomic E-state index is -1.78. The smallest absolute Gasteiger partial charge is 1.00 e. The van der Waals surface area contributed by atoms with Gasteiger partial charge >= 0.3 is 103 Å². The Morgan fingerprint density at radius 3 is 1.23 bits per heavy atom. The van der Waals surface area contributed by atoms with E-state index in [0.29, 0.717) is 64.0 Å². The van der Waals surface area contributed by atoms with Crippen LogP contribution in [-0.2, 0) is 23.0 Å². The van der Waals surface area contributed by atoms with Crippen LogP contribution in [-0.4, -0.2) is 105 Å². The molecule has 2 aliphatic rings. The van der Waals surface area contributed by atoms with Gasteiger partial charge in [0.1, 0.15) is 28.5 Å². The summed E-state index contributed by atoms with van der Waals surface area (Å²) in [4.78, 5) is 55.8. The SMILES string of the molecule is C1CNC1.CC#CC#CC#CC#CC#CC.CC#CC#CC#CC#CC#CC#CC#CC#CC#CC.CC(=O)O.COC(=N)C(Cl)(Cl)Cl.Cl.Fc1cc(-n2c(C(Cl)(Cl)Cl)nc3cccnc32)ccc1Cl.Nc1cccnc1Nc1ccc(Cl)c(F)c1.O=C(c1nc2cccnc2n1-c1ccc(Cl)c(F)c1)N1CCC1.O=CO[O-].[H-].[K+].[K+]. The molecule has 0 unspecified atom stereocenters. The number of carbonyl (C=O) groups excluding carboxylic acids is 2. The zero-order valence-corrected chi connectivity index (χ0v) is 75.6. The average Bonchev–Trinajstić information content (AvgIpc) is 1.62. The normalized spacial score (nSPS) is 9.50. The average molecular weight is 1800 g/mol. The third-order valence-electron chi connectivity index (χ3n) is 11.8. The number of hydrogen-bond donors (Lipinski definition) is 5. The fourth-order valence-corrected chi connectivity index (χ4v) is 7.92. The van der Waals surface area contributed by atoms with Crippen LogP contribution in [0.4, 0.5) is 30.4 Å². The zero-order chi connectivity index (χ0) is 83.1. The van der Waals surface area contributed by atoms with Crippen molar-refractivity contribution in [2.75, 3.05) is 44.3 Å². The third kappa shape index (κ3) is 44.8. The van der Waals surface area contributed by atoms with Gasteiger partial charge in [0.2, 0.25) is 15.5 Å². The number of nitrogens with zero attached hydrogens (tertiary/aromatic N) is 8. The first-order chi connectivity index (χ1) is 53.6. The van der Waals surface area contributed by atoms with Gasteiger partial charge in [-0.15, -0.1) is 12.4 Å². The molecule has 115 heavy (non-hydrogen) atoms. The molecule has 6 N–H and O–H groups in total. The van der Waals surface area contributed by atoms with Crippen LogP contribution in [0.25, 0.3) is 33.7 Å². The van der Waals surface area contributed by atoms with Gasteiger partial charge in [-0.1, -0.05) is 128 Å². The molecule has 576 valence electrons. The second-order valence-electron chi connectivity index (χ2n) is 19.6. The number of alkyl halides is 6. The number of pyridine rings is 3. The molecule has 2 fully saturated rings. The molecule has 19 nitrogen and oxygen atoms in total. The number of benzene rings is 3. The predicted octanol–water partition coefficient (Wildman–Crippen LogP) is 8.43. The molecule has 5 aromatic heterocycles. The summed E-state index contributed by atoms with van der Waals surface area (Å²) in [6.07, 6.45) is 7.17. The summed E-state index contributed by atoms with van der Waals surface area (Å²) in [5.74, 6) is 69.0.